The lowest BCUT2D eigenvalue weighted by atomic mass is 10.2. The standard InChI is InChI=1S/C24H19BrClN3O5/c1-33-18-9-6-15(7-10-18)24(32)34-21-11-8-17(25)12-16(21)13-28-29-22(30)14-27-23(31)19-4-2-3-5-20(19)26/h2-13H,14H2,1H3,(H,27,31)(H,29,30). The molecule has 0 fully saturated rings. The summed E-state index contributed by atoms with van der Waals surface area (Å²) >= 11 is 9.32. The molecule has 174 valence electrons. The van der Waals surface area contributed by atoms with Crippen LogP contribution >= 0.6 is 27.5 Å². The van der Waals surface area contributed by atoms with Gasteiger partial charge < -0.3 is 14.8 Å². The van der Waals surface area contributed by atoms with Crippen LogP contribution in [0.1, 0.15) is 26.3 Å². The number of ether oxygens (including phenoxy) is 2. The van der Waals surface area contributed by atoms with E-state index in [0.717, 1.165) is 4.47 Å². The second kappa shape index (κ2) is 12.0. The molecule has 3 rings (SSSR count). The molecular formula is C24H19BrClN3O5. The summed E-state index contributed by atoms with van der Waals surface area (Å²) < 4.78 is 11.3. The molecule has 8 nitrogen and oxygen atoms in total. The van der Waals surface area contributed by atoms with Crippen LogP contribution in [0.25, 0.3) is 0 Å². The quantitative estimate of drug-likeness (QED) is 0.191. The van der Waals surface area contributed by atoms with Crippen LogP contribution in [0, 0.1) is 0 Å². The predicted octanol–water partition coefficient (Wildman–Crippen LogP) is 4.21. The Bertz CT molecular complexity index is 1230. The van der Waals surface area contributed by atoms with Gasteiger partial charge in [-0.3, -0.25) is 9.59 Å². The van der Waals surface area contributed by atoms with Crippen molar-refractivity contribution in [3.63, 3.8) is 0 Å². The lowest BCUT2D eigenvalue weighted by molar-refractivity contribution is -0.120. The van der Waals surface area contributed by atoms with E-state index in [0.29, 0.717) is 16.9 Å². The third-order valence-electron chi connectivity index (χ3n) is 4.42. The van der Waals surface area contributed by atoms with Crippen LogP contribution in [-0.4, -0.2) is 37.7 Å². The monoisotopic (exact) mass is 543 g/mol. The smallest absolute Gasteiger partial charge is 0.343 e. The van der Waals surface area contributed by atoms with Crippen LogP contribution < -0.4 is 20.2 Å². The number of hydrogen-bond acceptors (Lipinski definition) is 6. The first kappa shape index (κ1) is 24.9. The molecular weight excluding hydrogens is 526 g/mol. The van der Waals surface area contributed by atoms with Crippen molar-refractivity contribution in [1.29, 1.82) is 0 Å². The maximum atomic E-state index is 12.5. The molecule has 0 aromatic heterocycles. The maximum absolute atomic E-state index is 12.5. The average Bonchev–Trinajstić information content (AvgIpc) is 2.84. The van der Waals surface area contributed by atoms with Crippen molar-refractivity contribution in [2.24, 2.45) is 5.10 Å². The van der Waals surface area contributed by atoms with Gasteiger partial charge in [-0.2, -0.15) is 5.10 Å². The van der Waals surface area contributed by atoms with E-state index < -0.39 is 17.8 Å². The van der Waals surface area contributed by atoms with Gasteiger partial charge in [0.25, 0.3) is 11.8 Å². The third-order valence-corrected chi connectivity index (χ3v) is 5.24. The van der Waals surface area contributed by atoms with E-state index in [9.17, 15) is 14.4 Å². The van der Waals surface area contributed by atoms with E-state index >= 15 is 0 Å². The zero-order valence-corrected chi connectivity index (χ0v) is 20.2. The lowest BCUT2D eigenvalue weighted by Crippen LogP contribution is -2.35. The highest BCUT2D eigenvalue weighted by Crippen LogP contribution is 2.23. The molecule has 0 atom stereocenters. The SMILES string of the molecule is COc1ccc(C(=O)Oc2ccc(Br)cc2C=NNC(=O)CNC(=O)c2ccccc2Cl)cc1. The Morgan fingerprint density at radius 3 is 2.50 bits per heavy atom. The number of methoxy groups -OCH3 is 1. The fourth-order valence-electron chi connectivity index (χ4n) is 2.71. The summed E-state index contributed by atoms with van der Waals surface area (Å²) in [5, 5.41) is 6.63. The Morgan fingerprint density at radius 1 is 1.06 bits per heavy atom. The van der Waals surface area contributed by atoms with Crippen molar-refractivity contribution in [2.45, 2.75) is 0 Å². The van der Waals surface area contributed by atoms with Gasteiger partial charge in [0, 0.05) is 10.0 Å². The summed E-state index contributed by atoms with van der Waals surface area (Å²) in [4.78, 5) is 36.7. The van der Waals surface area contributed by atoms with Crippen molar-refractivity contribution in [3.05, 3.63) is 92.9 Å². The molecule has 3 aromatic carbocycles. The normalized spacial score (nSPS) is 10.6. The summed E-state index contributed by atoms with van der Waals surface area (Å²) in [7, 11) is 1.53. The minimum Gasteiger partial charge on any atom is -0.497 e. The van der Waals surface area contributed by atoms with E-state index in [-0.39, 0.29) is 22.9 Å². The van der Waals surface area contributed by atoms with Crippen LogP contribution in [0.4, 0.5) is 0 Å². The topological polar surface area (TPSA) is 106 Å². The fourth-order valence-corrected chi connectivity index (χ4v) is 3.31. The molecule has 2 amide bonds. The van der Waals surface area contributed by atoms with Crippen LogP contribution in [0.5, 0.6) is 11.5 Å². The van der Waals surface area contributed by atoms with Crippen molar-refractivity contribution < 1.29 is 23.9 Å². The van der Waals surface area contributed by atoms with Gasteiger partial charge in [0.2, 0.25) is 0 Å². The van der Waals surface area contributed by atoms with Crippen molar-refractivity contribution >= 4 is 51.5 Å². The lowest BCUT2D eigenvalue weighted by Gasteiger charge is -2.09. The van der Waals surface area contributed by atoms with E-state index in [1.54, 1.807) is 66.7 Å². The third kappa shape index (κ3) is 6.90. The number of amides is 2. The number of rotatable bonds is 8. The summed E-state index contributed by atoms with van der Waals surface area (Å²) in [5.74, 6) is -0.736. The minimum absolute atomic E-state index is 0.244. The van der Waals surface area contributed by atoms with Gasteiger partial charge in [0.15, 0.2) is 0 Å². The van der Waals surface area contributed by atoms with Crippen LogP contribution in [-0.2, 0) is 4.79 Å². The van der Waals surface area contributed by atoms with Gasteiger partial charge in [-0.1, -0.05) is 39.7 Å². The molecule has 3 aromatic rings. The minimum atomic E-state index is -0.564. The summed E-state index contributed by atoms with van der Waals surface area (Å²) in [6.07, 6.45) is 1.33. The predicted molar refractivity (Wildman–Crippen MR) is 132 cm³/mol. The van der Waals surface area contributed by atoms with Crippen molar-refractivity contribution in [1.82, 2.24) is 10.7 Å². The van der Waals surface area contributed by atoms with Crippen molar-refractivity contribution in [3.8, 4) is 11.5 Å². The molecule has 0 bridgehead atoms. The molecule has 2 N–H and O–H groups in total. The van der Waals surface area contributed by atoms with E-state index in [4.69, 9.17) is 21.1 Å². The highest BCUT2D eigenvalue weighted by molar-refractivity contribution is 9.10. The molecule has 10 heteroatoms. The summed E-state index contributed by atoms with van der Waals surface area (Å²) in [6.45, 7) is -0.306. The number of benzene rings is 3. The number of esters is 1. The van der Waals surface area contributed by atoms with Crippen LogP contribution in [0.15, 0.2) is 76.3 Å². The van der Waals surface area contributed by atoms with Gasteiger partial charge in [-0.05, 0) is 54.6 Å². The Balaban J connectivity index is 1.60. The molecule has 0 heterocycles. The highest BCUT2D eigenvalue weighted by Gasteiger charge is 2.13. The Labute approximate surface area is 209 Å². The van der Waals surface area contributed by atoms with Crippen molar-refractivity contribution in [2.75, 3.05) is 13.7 Å². The molecule has 0 aliphatic rings. The first-order valence-corrected chi connectivity index (χ1v) is 11.0. The van der Waals surface area contributed by atoms with E-state index in [1.165, 1.54) is 13.3 Å². The zero-order valence-electron chi connectivity index (χ0n) is 17.9. The second-order valence-electron chi connectivity index (χ2n) is 6.76. The molecule has 0 aliphatic heterocycles. The zero-order chi connectivity index (χ0) is 24.5. The van der Waals surface area contributed by atoms with Gasteiger partial charge in [-0.25, -0.2) is 10.2 Å². The van der Waals surface area contributed by atoms with Crippen LogP contribution in [0.2, 0.25) is 5.02 Å². The van der Waals surface area contributed by atoms with Gasteiger partial charge in [-0.15, -0.1) is 0 Å². The number of nitrogens with one attached hydrogen (secondary N) is 2. The summed E-state index contributed by atoms with van der Waals surface area (Å²) in [5.41, 5.74) is 3.36. The van der Waals surface area contributed by atoms with E-state index in [2.05, 4.69) is 31.8 Å². The molecule has 0 saturated heterocycles. The number of nitrogens with zero attached hydrogens (tertiary/aromatic N) is 1. The number of halogens is 2. The molecule has 0 spiro atoms. The molecule has 0 unspecified atom stereocenters. The molecule has 0 radical (unpaired) electrons. The second-order valence-corrected chi connectivity index (χ2v) is 8.08. The number of hydrogen-bond donors (Lipinski definition) is 2. The number of hydrazone groups is 1. The van der Waals surface area contributed by atoms with Gasteiger partial charge in [0.05, 0.1) is 36.0 Å². The van der Waals surface area contributed by atoms with Gasteiger partial charge >= 0.3 is 5.97 Å². The molecule has 34 heavy (non-hydrogen) atoms. The summed E-state index contributed by atoms with van der Waals surface area (Å²) in [6, 6.07) is 18.0. The first-order valence-electron chi connectivity index (χ1n) is 9.88. The van der Waals surface area contributed by atoms with Gasteiger partial charge in [0.1, 0.15) is 11.5 Å². The number of carbonyl (C=O) groups excluding carboxylic acids is 3. The first-order chi connectivity index (χ1) is 16.4. The Morgan fingerprint density at radius 2 is 1.79 bits per heavy atom. The Kier molecular flexibility index (Phi) is 8.78. The average molecular weight is 545 g/mol. The maximum Gasteiger partial charge on any atom is 0.343 e. The van der Waals surface area contributed by atoms with E-state index in [1.807, 2.05) is 0 Å². The highest BCUT2D eigenvalue weighted by atomic mass is 79.9. The molecule has 0 aliphatic carbocycles. The molecule has 0 saturated carbocycles. The Hall–Kier alpha value is -3.69. The largest absolute Gasteiger partial charge is 0.497 e. The number of carbonyl (C=O) groups is 3. The fraction of sp³-hybridized carbons (Fsp3) is 0.0833. The van der Waals surface area contributed by atoms with Crippen LogP contribution in [0.3, 0.4) is 0 Å².